The Balaban J connectivity index is 2.43. The first-order valence-electron chi connectivity index (χ1n) is 6.10. The molecule has 0 bridgehead atoms. The van der Waals surface area contributed by atoms with Crippen LogP contribution in [0.15, 0.2) is 0 Å². The molecule has 1 aliphatic heterocycles. The van der Waals surface area contributed by atoms with E-state index >= 15 is 0 Å². The molecule has 0 spiro atoms. The van der Waals surface area contributed by atoms with Crippen molar-refractivity contribution in [1.29, 1.82) is 0 Å². The molecular weight excluding hydrogens is 204 g/mol. The first-order valence-corrected chi connectivity index (χ1v) is 6.10. The summed E-state index contributed by atoms with van der Waals surface area (Å²) >= 11 is 0. The van der Waals surface area contributed by atoms with Crippen LogP contribution in [-0.2, 0) is 9.53 Å². The molecule has 1 heterocycles. The van der Waals surface area contributed by atoms with Gasteiger partial charge in [-0.05, 0) is 40.2 Å². The van der Waals surface area contributed by atoms with Crippen molar-refractivity contribution in [2.75, 3.05) is 19.6 Å². The molecule has 4 nitrogen and oxygen atoms in total. The van der Waals surface area contributed by atoms with Gasteiger partial charge in [-0.2, -0.15) is 0 Å². The van der Waals surface area contributed by atoms with E-state index in [4.69, 9.17) is 10.5 Å². The maximum atomic E-state index is 11.9. The van der Waals surface area contributed by atoms with Gasteiger partial charge in [0.2, 0.25) is 5.91 Å². The fourth-order valence-electron chi connectivity index (χ4n) is 2.22. The average molecular weight is 228 g/mol. The van der Waals surface area contributed by atoms with E-state index < -0.39 is 0 Å². The Morgan fingerprint density at radius 3 is 2.75 bits per heavy atom. The number of nitrogens with two attached hydrogens (primary N) is 1. The van der Waals surface area contributed by atoms with Gasteiger partial charge < -0.3 is 15.4 Å². The molecule has 94 valence electrons. The van der Waals surface area contributed by atoms with E-state index in [1.165, 1.54) is 0 Å². The molecule has 2 N–H and O–H groups in total. The average Bonchev–Trinajstić information content (AvgIpc) is 2.14. The van der Waals surface area contributed by atoms with Crippen molar-refractivity contribution >= 4 is 5.91 Å². The largest absolute Gasteiger partial charge is 0.369 e. The van der Waals surface area contributed by atoms with Crippen molar-refractivity contribution in [1.82, 2.24) is 4.90 Å². The molecule has 0 aromatic rings. The van der Waals surface area contributed by atoms with E-state index in [1.807, 2.05) is 25.7 Å². The van der Waals surface area contributed by atoms with Crippen LogP contribution in [0.2, 0.25) is 0 Å². The van der Waals surface area contributed by atoms with Gasteiger partial charge in [-0.25, -0.2) is 0 Å². The highest BCUT2D eigenvalue weighted by molar-refractivity contribution is 5.76. The summed E-state index contributed by atoms with van der Waals surface area (Å²) in [5.74, 6) is 0.233. The van der Waals surface area contributed by atoms with Crippen LogP contribution in [-0.4, -0.2) is 42.1 Å². The standard InChI is InChI=1S/C12H24N2O2/c1-10-8-14(9-12(2,3)16-10)11(15)6-4-5-7-13/h10H,4-9,13H2,1-3H3. The van der Waals surface area contributed by atoms with Crippen LogP contribution in [0, 0.1) is 0 Å². The lowest BCUT2D eigenvalue weighted by atomic mass is 10.0. The molecule has 0 aromatic heterocycles. The van der Waals surface area contributed by atoms with Crippen molar-refractivity contribution in [3.63, 3.8) is 0 Å². The number of nitrogens with zero attached hydrogens (tertiary/aromatic N) is 1. The molecule has 1 rings (SSSR count). The van der Waals surface area contributed by atoms with E-state index in [9.17, 15) is 4.79 Å². The number of carbonyl (C=O) groups is 1. The van der Waals surface area contributed by atoms with Crippen molar-refractivity contribution in [3.8, 4) is 0 Å². The smallest absolute Gasteiger partial charge is 0.222 e. The summed E-state index contributed by atoms with van der Waals surface area (Å²) in [6.45, 7) is 8.15. The van der Waals surface area contributed by atoms with Crippen LogP contribution in [0.5, 0.6) is 0 Å². The highest BCUT2D eigenvalue weighted by Gasteiger charge is 2.33. The molecule has 0 radical (unpaired) electrons. The number of hydrogen-bond acceptors (Lipinski definition) is 3. The fraction of sp³-hybridized carbons (Fsp3) is 0.917. The lowest BCUT2D eigenvalue weighted by Crippen LogP contribution is -2.53. The second-order valence-corrected chi connectivity index (χ2v) is 5.21. The highest BCUT2D eigenvalue weighted by atomic mass is 16.5. The van der Waals surface area contributed by atoms with Crippen LogP contribution < -0.4 is 5.73 Å². The molecule has 1 aliphatic rings. The van der Waals surface area contributed by atoms with E-state index in [0.717, 1.165) is 12.8 Å². The maximum absolute atomic E-state index is 11.9. The molecule has 1 fully saturated rings. The number of amides is 1. The topological polar surface area (TPSA) is 55.6 Å². The molecule has 0 aliphatic carbocycles. The summed E-state index contributed by atoms with van der Waals surface area (Å²) in [6, 6.07) is 0. The normalized spacial score (nSPS) is 24.5. The van der Waals surface area contributed by atoms with Crippen molar-refractivity contribution in [2.24, 2.45) is 5.73 Å². The van der Waals surface area contributed by atoms with Crippen LogP contribution >= 0.6 is 0 Å². The van der Waals surface area contributed by atoms with Crippen molar-refractivity contribution in [2.45, 2.75) is 51.7 Å². The number of rotatable bonds is 4. The summed E-state index contributed by atoms with van der Waals surface area (Å²) in [6.07, 6.45) is 2.55. The zero-order valence-electron chi connectivity index (χ0n) is 10.7. The second kappa shape index (κ2) is 5.64. The van der Waals surface area contributed by atoms with Gasteiger partial charge in [-0.3, -0.25) is 4.79 Å². The monoisotopic (exact) mass is 228 g/mol. The minimum atomic E-state index is -0.221. The third-order valence-electron chi connectivity index (χ3n) is 2.77. The van der Waals surface area contributed by atoms with Crippen LogP contribution in [0.25, 0.3) is 0 Å². The highest BCUT2D eigenvalue weighted by Crippen LogP contribution is 2.21. The zero-order valence-corrected chi connectivity index (χ0v) is 10.7. The Morgan fingerprint density at radius 2 is 2.19 bits per heavy atom. The third-order valence-corrected chi connectivity index (χ3v) is 2.77. The number of morpholine rings is 1. The van der Waals surface area contributed by atoms with Gasteiger partial charge in [0.1, 0.15) is 0 Å². The van der Waals surface area contributed by atoms with E-state index in [2.05, 4.69) is 0 Å². The molecule has 0 saturated carbocycles. The van der Waals surface area contributed by atoms with Gasteiger partial charge >= 0.3 is 0 Å². The summed E-state index contributed by atoms with van der Waals surface area (Å²) < 4.78 is 5.77. The Kier molecular flexibility index (Phi) is 4.74. The van der Waals surface area contributed by atoms with Crippen molar-refractivity contribution < 1.29 is 9.53 Å². The predicted molar refractivity (Wildman–Crippen MR) is 64.1 cm³/mol. The van der Waals surface area contributed by atoms with Gasteiger partial charge in [-0.15, -0.1) is 0 Å². The molecule has 1 amide bonds. The Bertz CT molecular complexity index is 241. The second-order valence-electron chi connectivity index (χ2n) is 5.21. The third kappa shape index (κ3) is 4.10. The molecule has 1 unspecified atom stereocenters. The summed E-state index contributed by atoms with van der Waals surface area (Å²) in [5.41, 5.74) is 5.19. The summed E-state index contributed by atoms with van der Waals surface area (Å²) in [4.78, 5) is 13.9. The lowest BCUT2D eigenvalue weighted by molar-refractivity contribution is -0.158. The quantitative estimate of drug-likeness (QED) is 0.734. The Labute approximate surface area is 98.1 Å². The lowest BCUT2D eigenvalue weighted by Gasteiger charge is -2.41. The van der Waals surface area contributed by atoms with Gasteiger partial charge in [0.25, 0.3) is 0 Å². The number of ether oxygens (including phenoxy) is 1. The van der Waals surface area contributed by atoms with Crippen molar-refractivity contribution in [3.05, 3.63) is 0 Å². The molecule has 16 heavy (non-hydrogen) atoms. The van der Waals surface area contributed by atoms with E-state index in [-0.39, 0.29) is 17.6 Å². The zero-order chi connectivity index (χ0) is 12.2. The van der Waals surface area contributed by atoms with Gasteiger partial charge in [-0.1, -0.05) is 0 Å². The SMILES string of the molecule is CC1CN(C(=O)CCCCN)CC(C)(C)O1. The fourth-order valence-corrected chi connectivity index (χ4v) is 2.22. The van der Waals surface area contributed by atoms with Gasteiger partial charge in [0.15, 0.2) is 0 Å². The molecule has 0 aromatic carbocycles. The van der Waals surface area contributed by atoms with Gasteiger partial charge in [0.05, 0.1) is 11.7 Å². The first-order chi connectivity index (χ1) is 7.44. The van der Waals surface area contributed by atoms with Gasteiger partial charge in [0, 0.05) is 19.5 Å². The number of carbonyl (C=O) groups excluding carboxylic acids is 1. The maximum Gasteiger partial charge on any atom is 0.222 e. The first kappa shape index (κ1) is 13.5. The minimum absolute atomic E-state index is 0.127. The van der Waals surface area contributed by atoms with Crippen LogP contribution in [0.3, 0.4) is 0 Å². The molecule has 4 heteroatoms. The summed E-state index contributed by atoms with van der Waals surface area (Å²) in [5, 5.41) is 0. The predicted octanol–water partition coefficient (Wildman–Crippen LogP) is 1.14. The molecule has 1 atom stereocenters. The number of hydrogen-bond donors (Lipinski definition) is 1. The van der Waals surface area contributed by atoms with E-state index in [0.29, 0.717) is 26.1 Å². The summed E-state index contributed by atoms with van der Waals surface area (Å²) in [7, 11) is 0. The van der Waals surface area contributed by atoms with Crippen LogP contribution in [0.4, 0.5) is 0 Å². The van der Waals surface area contributed by atoms with Crippen LogP contribution in [0.1, 0.15) is 40.0 Å². The Hall–Kier alpha value is -0.610. The minimum Gasteiger partial charge on any atom is -0.369 e. The molecular formula is C12H24N2O2. The Morgan fingerprint density at radius 1 is 1.50 bits per heavy atom. The van der Waals surface area contributed by atoms with E-state index in [1.54, 1.807) is 0 Å². The number of unbranched alkanes of at least 4 members (excludes halogenated alkanes) is 1. The molecule has 1 saturated heterocycles.